The average Bonchev–Trinajstić information content (AvgIpc) is 2.27. The Morgan fingerprint density at radius 3 is 2.67 bits per heavy atom. The lowest BCUT2D eigenvalue weighted by Crippen LogP contribution is -2.04. The summed E-state index contributed by atoms with van der Waals surface area (Å²) in [6.07, 6.45) is 0.717. The molecule has 0 N–H and O–H groups in total. The number of carbonyl (C=O) groups is 2. The summed E-state index contributed by atoms with van der Waals surface area (Å²) in [6.45, 7) is 1.47. The second-order valence-corrected chi connectivity index (χ2v) is 4.00. The molecule has 0 bridgehead atoms. The highest BCUT2D eigenvalue weighted by Gasteiger charge is 2.16. The Morgan fingerprint density at radius 1 is 1.53 bits per heavy atom. The minimum atomic E-state index is -0.441. The van der Waals surface area contributed by atoms with Gasteiger partial charge < -0.3 is 4.74 Å². The Hall–Kier alpha value is -1.16. The van der Waals surface area contributed by atoms with Crippen LogP contribution < -0.4 is 4.74 Å². The number of carbonyl (C=O) groups excluding carboxylic acids is 2. The molecule has 0 aromatic heterocycles. The van der Waals surface area contributed by atoms with Crippen molar-refractivity contribution in [3.8, 4) is 5.75 Å². The maximum absolute atomic E-state index is 11.2. The van der Waals surface area contributed by atoms with Crippen molar-refractivity contribution in [3.05, 3.63) is 29.3 Å². The Bertz CT molecular complexity index is 387. The first-order valence-electron chi connectivity index (χ1n) is 4.37. The molecule has 1 aromatic rings. The summed E-state index contributed by atoms with van der Waals surface area (Å²) in [5, 5.41) is 0. The smallest absolute Gasteiger partial charge is 0.150 e. The fraction of sp³-hybridized carbons (Fsp3) is 0.273. The lowest BCUT2D eigenvalue weighted by atomic mass is 10.0. The third-order valence-corrected chi connectivity index (χ3v) is 3.19. The molecule has 80 valence electrons. The second-order valence-electron chi connectivity index (χ2n) is 3.09. The van der Waals surface area contributed by atoms with E-state index in [-0.39, 0.29) is 5.78 Å². The van der Waals surface area contributed by atoms with Gasteiger partial charge in [-0.05, 0) is 24.6 Å². The van der Waals surface area contributed by atoms with Crippen molar-refractivity contribution in [2.45, 2.75) is 11.8 Å². The van der Waals surface area contributed by atoms with Gasteiger partial charge in [0.15, 0.2) is 6.29 Å². The number of benzene rings is 1. The predicted molar refractivity (Wildman–Crippen MR) is 60.7 cm³/mol. The van der Waals surface area contributed by atoms with E-state index in [0.717, 1.165) is 6.29 Å². The van der Waals surface area contributed by atoms with Crippen molar-refractivity contribution in [3.63, 3.8) is 0 Å². The molecule has 0 radical (unpaired) electrons. The van der Waals surface area contributed by atoms with Crippen LogP contribution in [0.5, 0.6) is 5.75 Å². The van der Waals surface area contributed by atoms with Gasteiger partial charge in [0.1, 0.15) is 11.5 Å². The predicted octanol–water partition coefficient (Wildman–Crippen LogP) is 2.53. The van der Waals surface area contributed by atoms with Gasteiger partial charge in [-0.25, -0.2) is 0 Å². The largest absolute Gasteiger partial charge is 0.497 e. The topological polar surface area (TPSA) is 43.4 Å². The first-order chi connectivity index (χ1) is 7.10. The molecule has 3 nitrogen and oxygen atoms in total. The average molecular weight is 271 g/mol. The molecule has 1 atom stereocenters. The fourth-order valence-corrected chi connectivity index (χ4v) is 1.65. The third kappa shape index (κ3) is 2.65. The number of ketones is 1. The molecular formula is C11H11BrO3. The lowest BCUT2D eigenvalue weighted by molar-refractivity contribution is -0.116. The van der Waals surface area contributed by atoms with E-state index in [0.29, 0.717) is 16.9 Å². The van der Waals surface area contributed by atoms with Crippen LogP contribution in [0, 0.1) is 0 Å². The van der Waals surface area contributed by atoms with E-state index in [1.165, 1.54) is 14.0 Å². The number of halogens is 1. The zero-order chi connectivity index (χ0) is 11.4. The summed E-state index contributed by atoms with van der Waals surface area (Å²) in [4.78, 5) is 21.6. The number of hydrogen-bond donors (Lipinski definition) is 0. The van der Waals surface area contributed by atoms with Gasteiger partial charge in [0.05, 0.1) is 11.9 Å². The zero-order valence-corrected chi connectivity index (χ0v) is 10.1. The first kappa shape index (κ1) is 11.9. The zero-order valence-electron chi connectivity index (χ0n) is 8.49. The van der Waals surface area contributed by atoms with Crippen LogP contribution in [0.3, 0.4) is 0 Å². The molecule has 0 aliphatic carbocycles. The molecule has 0 amide bonds. The second kappa shape index (κ2) is 5.07. The number of Topliss-reactive ketones (excluding diaryl/α,β-unsaturated/α-hetero) is 1. The van der Waals surface area contributed by atoms with Gasteiger partial charge in [0, 0.05) is 5.56 Å². The highest BCUT2D eigenvalue weighted by atomic mass is 79.9. The molecule has 0 saturated carbocycles. The van der Waals surface area contributed by atoms with E-state index in [2.05, 4.69) is 15.9 Å². The Kier molecular flexibility index (Phi) is 4.03. The normalized spacial score (nSPS) is 11.9. The van der Waals surface area contributed by atoms with E-state index in [1.807, 2.05) is 0 Å². The molecule has 0 heterocycles. The summed E-state index contributed by atoms with van der Waals surface area (Å²) in [5.41, 5.74) is 1.13. The van der Waals surface area contributed by atoms with Crippen LogP contribution in [0.25, 0.3) is 0 Å². The number of aldehydes is 1. The van der Waals surface area contributed by atoms with Gasteiger partial charge in [-0.2, -0.15) is 0 Å². The number of hydrogen-bond acceptors (Lipinski definition) is 3. The minimum absolute atomic E-state index is 0.0386. The van der Waals surface area contributed by atoms with Gasteiger partial charge in [0.25, 0.3) is 0 Å². The van der Waals surface area contributed by atoms with Crippen LogP contribution in [0.15, 0.2) is 18.2 Å². The van der Waals surface area contributed by atoms with E-state index in [1.54, 1.807) is 18.2 Å². The van der Waals surface area contributed by atoms with Crippen LogP contribution in [-0.4, -0.2) is 19.2 Å². The van der Waals surface area contributed by atoms with Crippen molar-refractivity contribution in [2.75, 3.05) is 7.11 Å². The van der Waals surface area contributed by atoms with E-state index in [4.69, 9.17) is 4.74 Å². The lowest BCUT2D eigenvalue weighted by Gasteiger charge is -2.10. The van der Waals surface area contributed by atoms with Crippen LogP contribution in [0.1, 0.15) is 27.7 Å². The van der Waals surface area contributed by atoms with Crippen molar-refractivity contribution >= 4 is 28.0 Å². The number of alkyl halides is 1. The first-order valence-corrected chi connectivity index (χ1v) is 5.29. The van der Waals surface area contributed by atoms with Crippen molar-refractivity contribution < 1.29 is 14.3 Å². The molecule has 1 aromatic carbocycles. The highest BCUT2D eigenvalue weighted by molar-refractivity contribution is 9.09. The molecule has 0 aliphatic heterocycles. The maximum Gasteiger partial charge on any atom is 0.150 e. The van der Waals surface area contributed by atoms with Gasteiger partial charge >= 0.3 is 0 Å². The van der Waals surface area contributed by atoms with Gasteiger partial charge in [0.2, 0.25) is 0 Å². The standard InChI is InChI=1S/C11H11BrO3/c1-7(14)11(12)10-4-3-9(15-2)5-8(10)6-13/h3-6,11H,1-2H3. The Labute approximate surface area is 96.6 Å². The number of methoxy groups -OCH3 is 1. The highest BCUT2D eigenvalue weighted by Crippen LogP contribution is 2.28. The van der Waals surface area contributed by atoms with Crippen molar-refractivity contribution in [1.29, 1.82) is 0 Å². The summed E-state index contributed by atoms with van der Waals surface area (Å²) < 4.78 is 4.99. The molecule has 15 heavy (non-hydrogen) atoms. The van der Waals surface area contributed by atoms with Crippen LogP contribution in [0.2, 0.25) is 0 Å². The molecule has 4 heteroatoms. The summed E-state index contributed by atoms with van der Waals surface area (Å²) in [7, 11) is 1.53. The summed E-state index contributed by atoms with van der Waals surface area (Å²) in [6, 6.07) is 5.04. The molecule has 0 saturated heterocycles. The number of rotatable bonds is 4. The quantitative estimate of drug-likeness (QED) is 0.624. The molecule has 0 aliphatic rings. The van der Waals surface area contributed by atoms with E-state index >= 15 is 0 Å². The summed E-state index contributed by atoms with van der Waals surface area (Å²) in [5.74, 6) is 0.562. The Morgan fingerprint density at radius 2 is 2.20 bits per heavy atom. The molecular weight excluding hydrogens is 260 g/mol. The monoisotopic (exact) mass is 270 g/mol. The molecule has 1 unspecified atom stereocenters. The van der Waals surface area contributed by atoms with E-state index < -0.39 is 4.83 Å². The fourth-order valence-electron chi connectivity index (χ4n) is 1.23. The van der Waals surface area contributed by atoms with Crippen LogP contribution in [-0.2, 0) is 4.79 Å². The SMILES string of the molecule is COc1ccc(C(Br)C(C)=O)c(C=O)c1. The van der Waals surface area contributed by atoms with Gasteiger partial charge in [-0.3, -0.25) is 9.59 Å². The molecule has 1 rings (SSSR count). The van der Waals surface area contributed by atoms with Gasteiger partial charge in [-0.15, -0.1) is 0 Å². The van der Waals surface area contributed by atoms with Gasteiger partial charge in [-0.1, -0.05) is 22.0 Å². The van der Waals surface area contributed by atoms with Crippen molar-refractivity contribution in [1.82, 2.24) is 0 Å². The Balaban J connectivity index is 3.18. The van der Waals surface area contributed by atoms with E-state index in [9.17, 15) is 9.59 Å². The third-order valence-electron chi connectivity index (χ3n) is 2.05. The minimum Gasteiger partial charge on any atom is -0.497 e. The maximum atomic E-state index is 11.2. The molecule has 0 spiro atoms. The molecule has 0 fully saturated rings. The summed E-state index contributed by atoms with van der Waals surface area (Å²) >= 11 is 3.24. The number of ether oxygens (including phenoxy) is 1. The van der Waals surface area contributed by atoms with Crippen molar-refractivity contribution in [2.24, 2.45) is 0 Å². The van der Waals surface area contributed by atoms with Crippen LogP contribution >= 0.6 is 15.9 Å². The van der Waals surface area contributed by atoms with Crippen LogP contribution in [0.4, 0.5) is 0 Å².